The highest BCUT2D eigenvalue weighted by molar-refractivity contribution is 7.80. The predicted molar refractivity (Wildman–Crippen MR) is 161 cm³/mol. The number of benzene rings is 3. The van der Waals surface area contributed by atoms with E-state index in [0.29, 0.717) is 42.9 Å². The number of hydrogen-bond acceptors (Lipinski definition) is 6. The molecule has 3 aromatic carbocycles. The summed E-state index contributed by atoms with van der Waals surface area (Å²) < 4.78 is 43.1. The van der Waals surface area contributed by atoms with Crippen LogP contribution in [0.25, 0.3) is 17.1 Å². The maximum Gasteiger partial charge on any atom is 0.573 e. The summed E-state index contributed by atoms with van der Waals surface area (Å²) in [6.45, 7) is 8.94. The Morgan fingerprint density at radius 3 is 2.44 bits per heavy atom. The van der Waals surface area contributed by atoms with Crippen LogP contribution < -0.4 is 10.1 Å². The molecule has 0 aliphatic heterocycles. The van der Waals surface area contributed by atoms with Crippen LogP contribution in [0.1, 0.15) is 36.5 Å². The molecular formula is C31H30F3N5OS. The fourth-order valence-corrected chi connectivity index (χ4v) is 4.41. The van der Waals surface area contributed by atoms with Crippen molar-refractivity contribution in [2.45, 2.75) is 32.5 Å². The quantitative estimate of drug-likeness (QED) is 0.107. The maximum absolute atomic E-state index is 12.5. The van der Waals surface area contributed by atoms with Gasteiger partial charge < -0.3 is 10.1 Å². The highest BCUT2D eigenvalue weighted by atomic mass is 32.1. The Morgan fingerprint density at radius 1 is 1.07 bits per heavy atom. The molecule has 212 valence electrons. The second-order valence-electron chi connectivity index (χ2n) is 9.54. The van der Waals surface area contributed by atoms with E-state index in [1.807, 2.05) is 30.3 Å². The van der Waals surface area contributed by atoms with Gasteiger partial charge in [0.05, 0.1) is 12.2 Å². The normalized spacial score (nSPS) is 11.7. The molecule has 1 N–H and O–H groups in total. The second kappa shape index (κ2) is 13.4. The van der Waals surface area contributed by atoms with Crippen LogP contribution in [0.4, 0.5) is 19.1 Å². The van der Waals surface area contributed by atoms with Gasteiger partial charge in [-0.2, -0.15) is 9.67 Å². The molecule has 0 atom stereocenters. The fourth-order valence-electron chi connectivity index (χ4n) is 4.18. The zero-order chi connectivity index (χ0) is 29.4. The van der Waals surface area contributed by atoms with E-state index in [0.717, 1.165) is 16.0 Å². The Bertz CT molecular complexity index is 1510. The van der Waals surface area contributed by atoms with Crippen molar-refractivity contribution in [2.75, 3.05) is 18.4 Å². The molecule has 10 heteroatoms. The summed E-state index contributed by atoms with van der Waals surface area (Å²) in [5.74, 6) is 0.980. The molecule has 0 radical (unpaired) electrons. The Hall–Kier alpha value is -4.31. The number of hydrogen-bond donors (Lipinski definition) is 1. The third kappa shape index (κ3) is 8.34. The number of nitrogens with zero attached hydrogens (tertiary/aromatic N) is 4. The average molecular weight is 578 g/mol. The summed E-state index contributed by atoms with van der Waals surface area (Å²) in [6, 6.07) is 21.4. The van der Waals surface area contributed by atoms with Gasteiger partial charge in [-0.25, -0.2) is 0 Å². The van der Waals surface area contributed by atoms with Gasteiger partial charge in [-0.15, -0.1) is 24.8 Å². The SMILES string of the molecule is C=CCNc1nc(-c2ccc(C=NCC(=S)Cc3ccccc3C(C)C)cc2)nn1-c1ccc(OC(F)(F)F)cc1. The first-order valence-corrected chi connectivity index (χ1v) is 13.4. The number of anilines is 1. The number of aromatic nitrogens is 3. The molecule has 0 amide bonds. The van der Waals surface area contributed by atoms with Crippen molar-refractivity contribution in [1.82, 2.24) is 14.8 Å². The summed E-state index contributed by atoms with van der Waals surface area (Å²) in [6.07, 6.45) is -0.588. The third-order valence-electron chi connectivity index (χ3n) is 6.07. The number of halogens is 3. The highest BCUT2D eigenvalue weighted by Gasteiger charge is 2.31. The van der Waals surface area contributed by atoms with Crippen molar-refractivity contribution in [1.29, 1.82) is 0 Å². The van der Waals surface area contributed by atoms with Crippen molar-refractivity contribution < 1.29 is 17.9 Å². The smallest absolute Gasteiger partial charge is 0.406 e. The van der Waals surface area contributed by atoms with Crippen LogP contribution in [0.15, 0.2) is 90.4 Å². The highest BCUT2D eigenvalue weighted by Crippen LogP contribution is 2.26. The lowest BCUT2D eigenvalue weighted by molar-refractivity contribution is -0.274. The van der Waals surface area contributed by atoms with Gasteiger partial charge in [0.1, 0.15) is 5.75 Å². The molecule has 0 fully saturated rings. The van der Waals surface area contributed by atoms with Crippen LogP contribution >= 0.6 is 12.2 Å². The lowest BCUT2D eigenvalue weighted by Crippen LogP contribution is -2.17. The average Bonchev–Trinajstić information content (AvgIpc) is 3.36. The van der Waals surface area contributed by atoms with Crippen molar-refractivity contribution >= 4 is 29.2 Å². The van der Waals surface area contributed by atoms with Gasteiger partial charge in [0, 0.05) is 29.6 Å². The van der Waals surface area contributed by atoms with Crippen molar-refractivity contribution in [3.05, 3.63) is 102 Å². The summed E-state index contributed by atoms with van der Waals surface area (Å²) in [5, 5.41) is 7.68. The monoisotopic (exact) mass is 577 g/mol. The topological polar surface area (TPSA) is 64.3 Å². The van der Waals surface area contributed by atoms with Crippen LogP contribution in [-0.2, 0) is 6.42 Å². The number of ether oxygens (including phenoxy) is 1. The number of thiocarbonyl (C=S) groups is 1. The predicted octanol–water partition coefficient (Wildman–Crippen LogP) is 7.59. The standard InChI is InChI=1S/C31H30F3N5OS/c1-4-17-36-30-37-29(38-39(30)25-13-15-26(16-14-25)40-31(32,33)34)23-11-9-22(10-12-23)19-35-20-27(41)18-24-7-5-6-8-28(24)21(2)3/h4-16,19,21H,1,17-18,20H2,2-3H3,(H,36,37,38). The molecule has 4 aromatic rings. The first-order chi connectivity index (χ1) is 19.6. The van der Waals surface area contributed by atoms with Gasteiger partial charge >= 0.3 is 6.36 Å². The minimum Gasteiger partial charge on any atom is -0.406 e. The largest absolute Gasteiger partial charge is 0.573 e. The Kier molecular flexibility index (Phi) is 9.67. The van der Waals surface area contributed by atoms with Gasteiger partial charge in [0.2, 0.25) is 5.95 Å². The molecule has 0 bridgehead atoms. The van der Waals surface area contributed by atoms with Crippen molar-refractivity contribution in [2.24, 2.45) is 4.99 Å². The van der Waals surface area contributed by atoms with E-state index >= 15 is 0 Å². The fraction of sp³-hybridized carbons (Fsp3) is 0.226. The minimum absolute atomic E-state index is 0.319. The number of alkyl halides is 3. The second-order valence-corrected chi connectivity index (χ2v) is 10.1. The lowest BCUT2D eigenvalue weighted by Gasteiger charge is -2.12. The van der Waals surface area contributed by atoms with Gasteiger partial charge in [0.25, 0.3) is 0 Å². The molecular weight excluding hydrogens is 547 g/mol. The third-order valence-corrected chi connectivity index (χ3v) is 6.34. The van der Waals surface area contributed by atoms with Crippen LogP contribution in [0, 0.1) is 0 Å². The number of aliphatic imine (C=N–C) groups is 1. The van der Waals surface area contributed by atoms with Crippen LogP contribution in [-0.4, -0.2) is 45.3 Å². The van der Waals surface area contributed by atoms with E-state index in [9.17, 15) is 13.2 Å². The molecule has 0 saturated heterocycles. The molecule has 4 rings (SSSR count). The molecule has 1 aromatic heterocycles. The number of nitrogens with one attached hydrogen (secondary N) is 1. The molecule has 0 saturated carbocycles. The first-order valence-electron chi connectivity index (χ1n) is 13.0. The summed E-state index contributed by atoms with van der Waals surface area (Å²) in [4.78, 5) is 9.99. The zero-order valence-corrected chi connectivity index (χ0v) is 23.5. The molecule has 0 aliphatic rings. The number of rotatable bonds is 12. The van der Waals surface area contributed by atoms with Crippen LogP contribution in [0.2, 0.25) is 0 Å². The first kappa shape index (κ1) is 29.7. The lowest BCUT2D eigenvalue weighted by atomic mass is 9.94. The summed E-state index contributed by atoms with van der Waals surface area (Å²) in [5.41, 5.74) is 4.73. The maximum atomic E-state index is 12.5. The van der Waals surface area contributed by atoms with Gasteiger partial charge in [0.15, 0.2) is 5.82 Å². The van der Waals surface area contributed by atoms with Crippen LogP contribution in [0.3, 0.4) is 0 Å². The zero-order valence-electron chi connectivity index (χ0n) is 22.7. The summed E-state index contributed by atoms with van der Waals surface area (Å²) >= 11 is 5.60. The minimum atomic E-state index is -4.76. The van der Waals surface area contributed by atoms with Gasteiger partial charge in [-0.1, -0.05) is 80.7 Å². The van der Waals surface area contributed by atoms with Crippen LogP contribution in [0.5, 0.6) is 5.75 Å². The molecule has 6 nitrogen and oxygen atoms in total. The Balaban J connectivity index is 1.45. The Morgan fingerprint density at radius 2 is 1.78 bits per heavy atom. The molecule has 1 heterocycles. The van der Waals surface area contributed by atoms with Gasteiger partial charge in [-0.3, -0.25) is 4.99 Å². The van der Waals surface area contributed by atoms with E-state index in [1.165, 1.54) is 40.1 Å². The van der Waals surface area contributed by atoms with Crippen molar-refractivity contribution in [3.63, 3.8) is 0 Å². The van der Waals surface area contributed by atoms with E-state index in [1.54, 1.807) is 12.3 Å². The van der Waals surface area contributed by atoms with E-state index in [-0.39, 0.29) is 5.75 Å². The summed E-state index contributed by atoms with van der Waals surface area (Å²) in [7, 11) is 0. The van der Waals surface area contributed by atoms with E-state index < -0.39 is 6.36 Å². The molecule has 0 aliphatic carbocycles. The van der Waals surface area contributed by atoms with Gasteiger partial charge in [-0.05, 0) is 46.9 Å². The molecule has 0 spiro atoms. The van der Waals surface area contributed by atoms with E-state index in [2.05, 4.69) is 63.8 Å². The molecule has 0 unspecified atom stereocenters. The van der Waals surface area contributed by atoms with Crippen molar-refractivity contribution in [3.8, 4) is 22.8 Å². The van der Waals surface area contributed by atoms with E-state index in [4.69, 9.17) is 12.2 Å². The Labute approximate surface area is 242 Å². The molecule has 41 heavy (non-hydrogen) atoms.